The Hall–Kier alpha value is -1.18. The van der Waals surface area contributed by atoms with E-state index in [0.717, 1.165) is 21.9 Å². The molecule has 0 aliphatic carbocycles. The molecule has 2 rings (SSSR count). The number of anilines is 1. The van der Waals surface area contributed by atoms with Crippen molar-refractivity contribution >= 4 is 17.4 Å². The molecule has 0 bridgehead atoms. The normalized spacial score (nSPS) is 15.7. The van der Waals surface area contributed by atoms with Crippen LogP contribution in [0.15, 0.2) is 23.1 Å². The molecule has 1 aromatic rings. The Balaban J connectivity index is 2.31. The summed E-state index contributed by atoms with van der Waals surface area (Å²) in [6.45, 7) is 3.34. The number of aliphatic hydroxyl groups excluding tert-OH is 1. The summed E-state index contributed by atoms with van der Waals surface area (Å²) in [5.74, 6) is 0.959. The molecule has 1 N–H and O–H groups in total. The van der Waals surface area contributed by atoms with Crippen LogP contribution in [0.5, 0.6) is 0 Å². The van der Waals surface area contributed by atoms with Crippen molar-refractivity contribution in [2.75, 3.05) is 23.7 Å². The van der Waals surface area contributed by atoms with Gasteiger partial charge < -0.3 is 10.0 Å². The molecular formula is C12H14N2OS. The molecule has 0 atom stereocenters. The minimum Gasteiger partial charge on any atom is -0.389 e. The van der Waals surface area contributed by atoms with Crippen molar-refractivity contribution < 1.29 is 5.11 Å². The Morgan fingerprint density at radius 3 is 2.88 bits per heavy atom. The van der Waals surface area contributed by atoms with Crippen LogP contribution in [0, 0.1) is 11.3 Å². The van der Waals surface area contributed by atoms with Crippen LogP contribution >= 0.6 is 11.8 Å². The maximum Gasteiger partial charge on any atom is 0.103 e. The van der Waals surface area contributed by atoms with Gasteiger partial charge in [0, 0.05) is 18.0 Å². The molecule has 1 heterocycles. The number of aliphatic hydroxyl groups is 1. The minimum absolute atomic E-state index is 0.242. The average Bonchev–Trinajstić information content (AvgIpc) is 2.25. The van der Waals surface area contributed by atoms with Gasteiger partial charge in [-0.25, -0.2) is 0 Å². The van der Waals surface area contributed by atoms with Crippen molar-refractivity contribution in [3.05, 3.63) is 23.8 Å². The summed E-state index contributed by atoms with van der Waals surface area (Å²) in [6, 6.07) is 8.17. The molecular weight excluding hydrogens is 220 g/mol. The maximum atomic E-state index is 9.29. The van der Waals surface area contributed by atoms with E-state index in [2.05, 4.69) is 13.0 Å². The van der Waals surface area contributed by atoms with Crippen molar-refractivity contribution in [2.45, 2.75) is 17.9 Å². The van der Waals surface area contributed by atoms with Gasteiger partial charge in [-0.15, -0.1) is 11.8 Å². The first-order chi connectivity index (χ1) is 7.76. The molecule has 0 unspecified atom stereocenters. The summed E-state index contributed by atoms with van der Waals surface area (Å²) in [5, 5.41) is 18.5. The molecule has 1 saturated heterocycles. The predicted molar refractivity (Wildman–Crippen MR) is 65.8 cm³/mol. The standard InChI is InChI=1S/C12H14N2OS/c1-2-16-12-5-3-4-11(10(12)6-13)14-7-9(15)8-14/h3-5,9,15H,2,7-8H2,1H3. The fourth-order valence-electron chi connectivity index (χ4n) is 1.82. The zero-order chi connectivity index (χ0) is 11.5. The van der Waals surface area contributed by atoms with Gasteiger partial charge in [-0.05, 0) is 17.9 Å². The summed E-state index contributed by atoms with van der Waals surface area (Å²) in [6.07, 6.45) is -0.242. The molecule has 4 heteroatoms. The molecule has 1 aliphatic rings. The van der Waals surface area contributed by atoms with E-state index >= 15 is 0 Å². The largest absolute Gasteiger partial charge is 0.389 e. The van der Waals surface area contributed by atoms with Crippen LogP contribution in [0.3, 0.4) is 0 Å². The van der Waals surface area contributed by atoms with E-state index in [-0.39, 0.29) is 6.10 Å². The number of rotatable bonds is 3. The SMILES string of the molecule is CCSc1cccc(N2CC(O)C2)c1C#N. The van der Waals surface area contributed by atoms with Gasteiger partial charge in [0.15, 0.2) is 0 Å². The third-order valence-electron chi connectivity index (χ3n) is 2.62. The average molecular weight is 234 g/mol. The summed E-state index contributed by atoms with van der Waals surface area (Å²) in [5.41, 5.74) is 1.69. The van der Waals surface area contributed by atoms with E-state index in [1.807, 2.05) is 23.1 Å². The Morgan fingerprint density at radius 1 is 1.56 bits per heavy atom. The molecule has 1 aliphatic heterocycles. The smallest absolute Gasteiger partial charge is 0.103 e. The van der Waals surface area contributed by atoms with E-state index in [4.69, 9.17) is 0 Å². The lowest BCUT2D eigenvalue weighted by molar-refractivity contribution is 0.142. The third kappa shape index (κ3) is 2.01. The lowest BCUT2D eigenvalue weighted by Crippen LogP contribution is -2.51. The molecule has 0 aromatic heterocycles. The molecule has 1 aromatic carbocycles. The number of benzene rings is 1. The van der Waals surface area contributed by atoms with Gasteiger partial charge in [-0.2, -0.15) is 5.26 Å². The highest BCUT2D eigenvalue weighted by molar-refractivity contribution is 7.99. The number of nitrogens with zero attached hydrogens (tertiary/aromatic N) is 2. The van der Waals surface area contributed by atoms with Crippen LogP contribution in [-0.2, 0) is 0 Å². The topological polar surface area (TPSA) is 47.3 Å². The van der Waals surface area contributed by atoms with E-state index in [9.17, 15) is 10.4 Å². The summed E-state index contributed by atoms with van der Waals surface area (Å²) < 4.78 is 0. The van der Waals surface area contributed by atoms with Crippen molar-refractivity contribution in [3.63, 3.8) is 0 Å². The zero-order valence-electron chi connectivity index (χ0n) is 9.18. The first kappa shape index (κ1) is 11.3. The van der Waals surface area contributed by atoms with Gasteiger partial charge in [0.25, 0.3) is 0 Å². The monoisotopic (exact) mass is 234 g/mol. The van der Waals surface area contributed by atoms with Crippen molar-refractivity contribution in [1.82, 2.24) is 0 Å². The number of hydrogen-bond acceptors (Lipinski definition) is 4. The fraction of sp³-hybridized carbons (Fsp3) is 0.417. The van der Waals surface area contributed by atoms with Crippen LogP contribution in [0.2, 0.25) is 0 Å². The van der Waals surface area contributed by atoms with Crippen LogP contribution in [0.25, 0.3) is 0 Å². The molecule has 3 nitrogen and oxygen atoms in total. The fourth-order valence-corrected chi connectivity index (χ4v) is 2.60. The molecule has 0 radical (unpaired) electrons. The molecule has 0 spiro atoms. The first-order valence-corrected chi connectivity index (χ1v) is 6.33. The Labute approximate surface area is 99.7 Å². The second-order valence-electron chi connectivity index (χ2n) is 3.75. The first-order valence-electron chi connectivity index (χ1n) is 5.35. The van der Waals surface area contributed by atoms with Crippen LogP contribution in [0.1, 0.15) is 12.5 Å². The highest BCUT2D eigenvalue weighted by Gasteiger charge is 2.26. The summed E-state index contributed by atoms with van der Waals surface area (Å²) in [7, 11) is 0. The van der Waals surface area contributed by atoms with Gasteiger partial charge in [-0.1, -0.05) is 13.0 Å². The molecule has 0 amide bonds. The Kier molecular flexibility index (Phi) is 3.37. The molecule has 84 valence electrons. The van der Waals surface area contributed by atoms with Crippen LogP contribution in [-0.4, -0.2) is 30.1 Å². The molecule has 0 saturated carbocycles. The van der Waals surface area contributed by atoms with E-state index in [0.29, 0.717) is 13.1 Å². The van der Waals surface area contributed by atoms with Gasteiger partial charge in [0.2, 0.25) is 0 Å². The van der Waals surface area contributed by atoms with Crippen LogP contribution < -0.4 is 4.90 Å². The van der Waals surface area contributed by atoms with E-state index in [1.54, 1.807) is 11.8 Å². The summed E-state index contributed by atoms with van der Waals surface area (Å²) >= 11 is 1.68. The lowest BCUT2D eigenvalue weighted by Gasteiger charge is -2.38. The predicted octanol–water partition coefficient (Wildman–Crippen LogP) is 1.85. The lowest BCUT2D eigenvalue weighted by atomic mass is 10.1. The molecule has 16 heavy (non-hydrogen) atoms. The number of thioether (sulfide) groups is 1. The molecule has 1 fully saturated rings. The van der Waals surface area contributed by atoms with E-state index < -0.39 is 0 Å². The van der Waals surface area contributed by atoms with Gasteiger partial charge in [0.05, 0.1) is 17.4 Å². The quantitative estimate of drug-likeness (QED) is 0.811. The maximum absolute atomic E-state index is 9.29. The number of β-amino-alcohol motifs (C(OH)–C–C–N with tert-alkyl or cyclic N) is 1. The van der Waals surface area contributed by atoms with E-state index in [1.165, 1.54) is 0 Å². The van der Waals surface area contributed by atoms with Crippen molar-refractivity contribution in [1.29, 1.82) is 5.26 Å². The Bertz CT molecular complexity index is 422. The van der Waals surface area contributed by atoms with Gasteiger partial charge in [0.1, 0.15) is 6.07 Å². The van der Waals surface area contributed by atoms with Gasteiger partial charge >= 0.3 is 0 Å². The highest BCUT2D eigenvalue weighted by Crippen LogP contribution is 2.32. The van der Waals surface area contributed by atoms with Crippen LogP contribution in [0.4, 0.5) is 5.69 Å². The number of nitriles is 1. The summed E-state index contributed by atoms with van der Waals surface area (Å²) in [4.78, 5) is 3.08. The second kappa shape index (κ2) is 4.77. The number of hydrogen-bond donors (Lipinski definition) is 1. The van der Waals surface area contributed by atoms with Gasteiger partial charge in [-0.3, -0.25) is 0 Å². The third-order valence-corrected chi connectivity index (χ3v) is 3.56. The zero-order valence-corrected chi connectivity index (χ0v) is 10.00. The minimum atomic E-state index is -0.242. The highest BCUT2D eigenvalue weighted by atomic mass is 32.2. The van der Waals surface area contributed by atoms with Crippen molar-refractivity contribution in [2.24, 2.45) is 0 Å². The Morgan fingerprint density at radius 2 is 2.31 bits per heavy atom. The van der Waals surface area contributed by atoms with Crippen molar-refractivity contribution in [3.8, 4) is 6.07 Å². The second-order valence-corrected chi connectivity index (χ2v) is 5.06.